The highest BCUT2D eigenvalue weighted by Gasteiger charge is 2.44. The van der Waals surface area contributed by atoms with Crippen molar-refractivity contribution in [3.63, 3.8) is 0 Å². The Balaban J connectivity index is 1.29. The molecule has 9 unspecified atom stereocenters. The van der Waals surface area contributed by atoms with Crippen LogP contribution in [0.3, 0.4) is 0 Å². The minimum absolute atomic E-state index is 0.0359. The summed E-state index contributed by atoms with van der Waals surface area (Å²) in [5.74, 6) is 1.15. The van der Waals surface area contributed by atoms with Gasteiger partial charge in [-0.15, -0.1) is 0 Å². The van der Waals surface area contributed by atoms with Gasteiger partial charge in [-0.2, -0.15) is 0 Å². The summed E-state index contributed by atoms with van der Waals surface area (Å²) >= 11 is 0. The average molecular weight is 616 g/mol. The summed E-state index contributed by atoms with van der Waals surface area (Å²) in [6.07, 6.45) is 8.25. The van der Waals surface area contributed by atoms with E-state index >= 15 is 0 Å². The lowest BCUT2D eigenvalue weighted by Crippen LogP contribution is -2.52. The van der Waals surface area contributed by atoms with E-state index in [1.54, 1.807) is 7.11 Å². The Morgan fingerprint density at radius 2 is 1.70 bits per heavy atom. The third-order valence-electron chi connectivity index (χ3n) is 10.6. The van der Waals surface area contributed by atoms with Crippen LogP contribution in [-0.4, -0.2) is 115 Å². The Kier molecular flexibility index (Phi) is 14.9. The molecule has 43 heavy (non-hydrogen) atoms. The number of rotatable bonds is 15. The number of aliphatic hydroxyl groups is 4. The number of likely N-dealkylation sites (N-methyl/N-ethyl adjacent to an activating group) is 1. The molecule has 2 saturated heterocycles. The lowest BCUT2D eigenvalue weighted by atomic mass is 9.77. The number of piperidine rings is 1. The van der Waals surface area contributed by atoms with E-state index in [1.165, 1.54) is 0 Å². The van der Waals surface area contributed by atoms with Gasteiger partial charge in [0, 0.05) is 13.2 Å². The molecule has 0 aromatic heterocycles. The third kappa shape index (κ3) is 10.8. The second-order valence-corrected chi connectivity index (χ2v) is 13.7. The van der Waals surface area contributed by atoms with Gasteiger partial charge < -0.3 is 55.7 Å². The SMILES string of the molecule is CCN[C@H](CCC1CCNC(N)C1)COC1CC([C@H]2C[C@@H](O)C[C@H](CCC3CCC(O)C(OCO)C3)O2)CC(OC)C1O. The average Bonchev–Trinajstić information content (AvgIpc) is 2.99. The van der Waals surface area contributed by atoms with Crippen molar-refractivity contribution in [2.24, 2.45) is 23.5 Å². The summed E-state index contributed by atoms with van der Waals surface area (Å²) in [5.41, 5.74) is 6.11. The first-order valence-corrected chi connectivity index (χ1v) is 17.1. The zero-order valence-electron chi connectivity index (χ0n) is 26.5. The highest BCUT2D eigenvalue weighted by Crippen LogP contribution is 2.38. The highest BCUT2D eigenvalue weighted by atomic mass is 16.6. The molecule has 2 aliphatic carbocycles. The van der Waals surface area contributed by atoms with E-state index in [9.17, 15) is 15.3 Å². The summed E-state index contributed by atoms with van der Waals surface area (Å²) in [6.45, 7) is 4.11. The van der Waals surface area contributed by atoms with Crippen molar-refractivity contribution < 1.29 is 39.4 Å². The maximum absolute atomic E-state index is 11.1. The number of ether oxygens (including phenoxy) is 4. The van der Waals surface area contributed by atoms with Crippen LogP contribution in [0.2, 0.25) is 0 Å². The Hall–Kier alpha value is -0.440. The van der Waals surface area contributed by atoms with Crippen molar-refractivity contribution in [1.29, 1.82) is 0 Å². The van der Waals surface area contributed by atoms with E-state index in [2.05, 4.69) is 17.6 Å². The lowest BCUT2D eigenvalue weighted by Gasteiger charge is -2.44. The van der Waals surface area contributed by atoms with Crippen molar-refractivity contribution in [3.8, 4) is 0 Å². The monoisotopic (exact) mass is 615 g/mol. The summed E-state index contributed by atoms with van der Waals surface area (Å²) in [6, 6.07) is 0.213. The van der Waals surface area contributed by atoms with E-state index in [0.717, 1.165) is 64.5 Å². The van der Waals surface area contributed by atoms with Crippen LogP contribution < -0.4 is 16.4 Å². The molecule has 11 nitrogen and oxygen atoms in total. The van der Waals surface area contributed by atoms with Crippen LogP contribution >= 0.6 is 0 Å². The van der Waals surface area contributed by atoms with Crippen molar-refractivity contribution >= 4 is 0 Å². The quantitative estimate of drug-likeness (QED) is 0.133. The summed E-state index contributed by atoms with van der Waals surface area (Å²) in [7, 11) is 1.65. The van der Waals surface area contributed by atoms with Crippen molar-refractivity contribution in [3.05, 3.63) is 0 Å². The molecule has 0 radical (unpaired) electrons. The first-order chi connectivity index (χ1) is 20.8. The Bertz CT molecular complexity index is 783. The van der Waals surface area contributed by atoms with Crippen molar-refractivity contribution in [2.75, 3.05) is 33.6 Å². The molecule has 0 bridgehead atoms. The summed E-state index contributed by atoms with van der Waals surface area (Å²) in [4.78, 5) is 0. The van der Waals surface area contributed by atoms with Crippen LogP contribution in [0.25, 0.3) is 0 Å². The number of nitrogens with one attached hydrogen (secondary N) is 2. The lowest BCUT2D eigenvalue weighted by molar-refractivity contribution is -0.178. The molecular formula is C32H61N3O8. The number of nitrogens with two attached hydrogens (primary N) is 1. The summed E-state index contributed by atoms with van der Waals surface area (Å²) in [5, 5.41) is 48.2. The second-order valence-electron chi connectivity index (χ2n) is 13.7. The van der Waals surface area contributed by atoms with Crippen LogP contribution in [0.15, 0.2) is 0 Å². The summed E-state index contributed by atoms with van der Waals surface area (Å²) < 4.78 is 24.2. The highest BCUT2D eigenvalue weighted by molar-refractivity contribution is 4.94. The topological polar surface area (TPSA) is 168 Å². The molecule has 2 aliphatic heterocycles. The normalized spacial score (nSPS) is 41.7. The zero-order valence-corrected chi connectivity index (χ0v) is 26.5. The molecule has 2 heterocycles. The number of hydrogen-bond donors (Lipinski definition) is 7. The molecule has 4 rings (SSSR count). The molecule has 0 aromatic rings. The molecular weight excluding hydrogens is 554 g/mol. The fourth-order valence-electron chi connectivity index (χ4n) is 8.09. The standard InChI is InChI=1S/C32H61N3O8/c1-3-34-23(7-4-21-10-11-35-31(33)13-21)18-41-30-15-22(14-29(40-2)32(30)39)27-17-24(37)16-25(43-27)8-5-20-6-9-26(38)28(12-20)42-19-36/h20-32,34-39H,3-19,33H2,1-2H3/t20?,21?,22?,23-,24+,25+,26?,27-,28?,29?,30?,31?,32?/m1/s1. The van der Waals surface area contributed by atoms with Gasteiger partial charge in [-0.1, -0.05) is 6.92 Å². The van der Waals surface area contributed by atoms with E-state index < -0.39 is 18.3 Å². The third-order valence-corrected chi connectivity index (χ3v) is 10.6. The molecule has 13 atom stereocenters. The molecule has 4 fully saturated rings. The molecule has 2 saturated carbocycles. The minimum atomic E-state index is -0.703. The van der Waals surface area contributed by atoms with Crippen LogP contribution in [0.1, 0.15) is 90.4 Å². The predicted octanol–water partition coefficient (Wildman–Crippen LogP) is 1.38. The van der Waals surface area contributed by atoms with E-state index in [1.807, 2.05) is 0 Å². The predicted molar refractivity (Wildman–Crippen MR) is 163 cm³/mol. The molecule has 0 amide bonds. The van der Waals surface area contributed by atoms with Crippen LogP contribution in [0, 0.1) is 17.8 Å². The van der Waals surface area contributed by atoms with E-state index in [4.69, 9.17) is 29.8 Å². The van der Waals surface area contributed by atoms with Gasteiger partial charge in [0.05, 0.1) is 55.5 Å². The van der Waals surface area contributed by atoms with E-state index in [-0.39, 0.29) is 55.4 Å². The van der Waals surface area contributed by atoms with Gasteiger partial charge in [-0.05, 0) is 114 Å². The Morgan fingerprint density at radius 3 is 2.44 bits per heavy atom. The van der Waals surface area contributed by atoms with Crippen molar-refractivity contribution in [1.82, 2.24) is 10.6 Å². The van der Waals surface area contributed by atoms with Gasteiger partial charge in [0.25, 0.3) is 0 Å². The zero-order chi connectivity index (χ0) is 30.8. The molecule has 4 aliphatic rings. The van der Waals surface area contributed by atoms with Crippen molar-refractivity contribution in [2.45, 2.75) is 151 Å². The smallest absolute Gasteiger partial charge is 0.144 e. The minimum Gasteiger partial charge on any atom is -0.393 e. The molecule has 8 N–H and O–H groups in total. The Labute approximate surface area is 258 Å². The number of aliphatic hydroxyl groups excluding tert-OH is 4. The Morgan fingerprint density at radius 1 is 0.907 bits per heavy atom. The number of hydrogen-bond acceptors (Lipinski definition) is 11. The molecule has 0 spiro atoms. The maximum atomic E-state index is 11.1. The maximum Gasteiger partial charge on any atom is 0.144 e. The molecule has 252 valence electrons. The van der Waals surface area contributed by atoms with Gasteiger partial charge in [0.1, 0.15) is 12.9 Å². The second kappa shape index (κ2) is 18.0. The first kappa shape index (κ1) is 35.4. The van der Waals surface area contributed by atoms with Gasteiger partial charge in [-0.25, -0.2) is 0 Å². The molecule has 0 aromatic carbocycles. The van der Waals surface area contributed by atoms with Crippen LogP contribution in [-0.2, 0) is 18.9 Å². The first-order valence-electron chi connectivity index (χ1n) is 17.1. The van der Waals surface area contributed by atoms with Gasteiger partial charge in [0.2, 0.25) is 0 Å². The van der Waals surface area contributed by atoms with Gasteiger partial charge in [0.15, 0.2) is 0 Å². The fourth-order valence-corrected chi connectivity index (χ4v) is 8.09. The van der Waals surface area contributed by atoms with Gasteiger partial charge >= 0.3 is 0 Å². The largest absolute Gasteiger partial charge is 0.393 e. The van der Waals surface area contributed by atoms with Gasteiger partial charge in [-0.3, -0.25) is 0 Å². The molecule has 11 heteroatoms. The van der Waals surface area contributed by atoms with Crippen LogP contribution in [0.5, 0.6) is 0 Å². The van der Waals surface area contributed by atoms with E-state index in [0.29, 0.717) is 50.5 Å². The van der Waals surface area contributed by atoms with Crippen LogP contribution in [0.4, 0.5) is 0 Å². The fraction of sp³-hybridized carbons (Fsp3) is 1.00. The number of methoxy groups -OCH3 is 1.